The van der Waals surface area contributed by atoms with Crippen LogP contribution >= 0.6 is 0 Å². The molecule has 1 aliphatic heterocycles. The normalized spacial score (nSPS) is 15.2. The van der Waals surface area contributed by atoms with Gasteiger partial charge >= 0.3 is 0 Å². The molecule has 6 rings (SSSR count). The van der Waals surface area contributed by atoms with Crippen molar-refractivity contribution in [2.45, 2.75) is 52.3 Å². The average molecular weight is 594 g/mol. The first-order chi connectivity index (χ1) is 21.3. The first kappa shape index (κ1) is 29.4. The number of aliphatic hydroxyl groups is 1. The van der Waals surface area contributed by atoms with Crippen molar-refractivity contribution in [3.8, 4) is 0 Å². The molecule has 0 saturated carbocycles. The van der Waals surface area contributed by atoms with Crippen LogP contribution in [0.25, 0.3) is 21.7 Å². The highest BCUT2D eigenvalue weighted by molar-refractivity contribution is 5.86. The Balaban J connectivity index is 1.37. The van der Waals surface area contributed by atoms with Crippen molar-refractivity contribution in [3.05, 3.63) is 111 Å². The number of aryl methyl sites for hydroxylation is 2. The van der Waals surface area contributed by atoms with Crippen molar-refractivity contribution >= 4 is 33.4 Å². The fraction of sp³-hybridized carbons (Fsp3) is 0.314. The van der Waals surface area contributed by atoms with E-state index in [1.807, 2.05) is 44.2 Å². The van der Waals surface area contributed by atoms with Gasteiger partial charge in [-0.3, -0.25) is 9.59 Å². The van der Waals surface area contributed by atoms with E-state index in [9.17, 15) is 19.1 Å². The van der Waals surface area contributed by atoms with Crippen molar-refractivity contribution in [3.63, 3.8) is 0 Å². The number of aromatic nitrogens is 3. The number of hydrogen-bond donors (Lipinski definition) is 1. The summed E-state index contributed by atoms with van der Waals surface area (Å²) in [6.07, 6.45) is 1.64. The fourth-order valence-electron chi connectivity index (χ4n) is 6.07. The van der Waals surface area contributed by atoms with Crippen LogP contribution in [-0.2, 0) is 24.3 Å². The molecular formula is C35H36FN5O3. The summed E-state index contributed by atoms with van der Waals surface area (Å²) in [4.78, 5) is 36.3. The number of nitrogens with zero attached hydrogens (tertiary/aromatic N) is 5. The molecule has 0 radical (unpaired) electrons. The fourth-order valence-corrected chi connectivity index (χ4v) is 6.07. The molecular weight excluding hydrogens is 557 g/mol. The van der Waals surface area contributed by atoms with Gasteiger partial charge in [0.15, 0.2) is 0 Å². The zero-order chi connectivity index (χ0) is 30.8. The Hall–Kier alpha value is -4.63. The summed E-state index contributed by atoms with van der Waals surface area (Å²) in [6, 6.07) is 21.7. The molecule has 1 aliphatic rings. The molecule has 1 amide bonds. The van der Waals surface area contributed by atoms with Crippen molar-refractivity contribution in [2.75, 3.05) is 24.5 Å². The van der Waals surface area contributed by atoms with Gasteiger partial charge in [-0.1, -0.05) is 48.5 Å². The van der Waals surface area contributed by atoms with Gasteiger partial charge in [-0.2, -0.15) is 5.10 Å². The molecule has 9 heteroatoms. The Morgan fingerprint density at radius 1 is 1.05 bits per heavy atom. The third-order valence-electron chi connectivity index (χ3n) is 8.43. The summed E-state index contributed by atoms with van der Waals surface area (Å²) in [5, 5.41) is 17.2. The van der Waals surface area contributed by atoms with Gasteiger partial charge in [0.2, 0.25) is 5.91 Å². The smallest absolute Gasteiger partial charge is 0.275 e. The zero-order valence-electron chi connectivity index (χ0n) is 25.0. The number of aliphatic hydroxyl groups excluding tert-OH is 1. The number of anilines is 1. The summed E-state index contributed by atoms with van der Waals surface area (Å²) in [6.45, 7) is 5.46. The highest BCUT2D eigenvalue weighted by Gasteiger charge is 2.25. The predicted molar refractivity (Wildman–Crippen MR) is 170 cm³/mol. The van der Waals surface area contributed by atoms with Crippen LogP contribution in [0.4, 0.5) is 10.2 Å². The maximum absolute atomic E-state index is 14.0. The molecule has 1 fully saturated rings. The van der Waals surface area contributed by atoms with Crippen molar-refractivity contribution in [2.24, 2.45) is 0 Å². The minimum atomic E-state index is -0.448. The van der Waals surface area contributed by atoms with Gasteiger partial charge in [0.1, 0.15) is 18.2 Å². The Labute approximate surface area is 255 Å². The molecule has 3 heterocycles. The summed E-state index contributed by atoms with van der Waals surface area (Å²) in [5.74, 6) is 0.178. The van der Waals surface area contributed by atoms with Gasteiger partial charge in [-0.05, 0) is 68.5 Å². The topological polar surface area (TPSA) is 91.6 Å². The number of fused-ring (bicyclic) bond motifs is 2. The molecule has 1 N–H and O–H groups in total. The van der Waals surface area contributed by atoms with Crippen LogP contribution in [0.15, 0.2) is 77.6 Å². The number of hydrogen-bond acceptors (Lipinski definition) is 6. The zero-order valence-corrected chi connectivity index (χ0v) is 25.0. The lowest BCUT2D eigenvalue weighted by Gasteiger charge is -2.34. The number of β-amino-alcohol motifs (C(OH)–C–C–N with tert-alkyl or cyclic N) is 1. The van der Waals surface area contributed by atoms with Crippen LogP contribution in [0.5, 0.6) is 0 Å². The van der Waals surface area contributed by atoms with Crippen LogP contribution in [0.2, 0.25) is 0 Å². The molecule has 0 aliphatic carbocycles. The molecule has 2 aromatic heterocycles. The largest absolute Gasteiger partial charge is 0.391 e. The second-order valence-corrected chi connectivity index (χ2v) is 11.6. The van der Waals surface area contributed by atoms with E-state index < -0.39 is 6.10 Å². The Kier molecular flexibility index (Phi) is 8.39. The van der Waals surface area contributed by atoms with Gasteiger partial charge < -0.3 is 14.9 Å². The van der Waals surface area contributed by atoms with Gasteiger partial charge in [-0.25, -0.2) is 14.1 Å². The van der Waals surface area contributed by atoms with E-state index in [0.29, 0.717) is 30.6 Å². The average Bonchev–Trinajstić information content (AvgIpc) is 3.02. The maximum Gasteiger partial charge on any atom is 0.275 e. The number of benzene rings is 3. The van der Waals surface area contributed by atoms with E-state index in [2.05, 4.69) is 16.1 Å². The highest BCUT2D eigenvalue weighted by Crippen LogP contribution is 2.29. The molecule has 1 saturated heterocycles. The van der Waals surface area contributed by atoms with E-state index in [4.69, 9.17) is 4.98 Å². The van der Waals surface area contributed by atoms with Crippen molar-refractivity contribution < 1.29 is 14.3 Å². The molecule has 226 valence electrons. The van der Waals surface area contributed by atoms with Crippen LogP contribution < -0.4 is 10.5 Å². The minimum absolute atomic E-state index is 0.216. The van der Waals surface area contributed by atoms with Crippen molar-refractivity contribution in [1.82, 2.24) is 19.7 Å². The van der Waals surface area contributed by atoms with Crippen LogP contribution in [0.3, 0.4) is 0 Å². The molecule has 5 aromatic rings. The number of para-hydroxylation sites is 1. The van der Waals surface area contributed by atoms with Gasteiger partial charge in [0, 0.05) is 42.5 Å². The molecule has 1 atom stereocenters. The van der Waals surface area contributed by atoms with Crippen LogP contribution in [-0.4, -0.2) is 56.4 Å². The van der Waals surface area contributed by atoms with E-state index in [-0.39, 0.29) is 30.4 Å². The number of carbonyl (C=O) groups is 1. The summed E-state index contributed by atoms with van der Waals surface area (Å²) < 4.78 is 14.8. The molecule has 3 aromatic carbocycles. The van der Waals surface area contributed by atoms with Crippen LogP contribution in [0, 0.1) is 19.7 Å². The summed E-state index contributed by atoms with van der Waals surface area (Å²) >= 11 is 0. The van der Waals surface area contributed by atoms with E-state index in [1.165, 1.54) is 16.8 Å². The summed E-state index contributed by atoms with van der Waals surface area (Å²) in [7, 11) is 0. The van der Waals surface area contributed by atoms with E-state index >= 15 is 0 Å². The molecule has 0 spiro atoms. The Morgan fingerprint density at radius 3 is 2.59 bits per heavy atom. The highest BCUT2D eigenvalue weighted by atomic mass is 19.1. The Morgan fingerprint density at radius 2 is 1.82 bits per heavy atom. The monoisotopic (exact) mass is 593 g/mol. The van der Waals surface area contributed by atoms with E-state index in [1.54, 1.807) is 29.2 Å². The SMILES string of the molecule is Cc1nn(CC(=O)N(CCc2ccc(F)cc2)Cc2cc3cccc(C)c3nc2N2CCCC(O)C2)c(=O)c2ccccc12. The number of pyridine rings is 1. The quantitative estimate of drug-likeness (QED) is 0.274. The number of halogens is 1. The maximum atomic E-state index is 14.0. The first-order valence-corrected chi connectivity index (χ1v) is 15.1. The van der Waals surface area contributed by atoms with Gasteiger partial charge in [0.05, 0.1) is 22.7 Å². The third kappa shape index (κ3) is 6.19. The van der Waals surface area contributed by atoms with Gasteiger partial charge in [-0.15, -0.1) is 0 Å². The van der Waals surface area contributed by atoms with Crippen LogP contribution in [0.1, 0.15) is 35.2 Å². The first-order valence-electron chi connectivity index (χ1n) is 15.1. The molecule has 1 unspecified atom stereocenters. The lowest BCUT2D eigenvalue weighted by atomic mass is 10.0. The van der Waals surface area contributed by atoms with E-state index in [0.717, 1.165) is 58.2 Å². The van der Waals surface area contributed by atoms with Gasteiger partial charge in [0.25, 0.3) is 5.56 Å². The number of rotatable bonds is 8. The Bertz CT molecular complexity index is 1890. The predicted octanol–water partition coefficient (Wildman–Crippen LogP) is 4.93. The second kappa shape index (κ2) is 12.5. The third-order valence-corrected chi connectivity index (χ3v) is 8.43. The molecule has 44 heavy (non-hydrogen) atoms. The lowest BCUT2D eigenvalue weighted by molar-refractivity contribution is -0.132. The number of carbonyl (C=O) groups excluding carboxylic acids is 1. The van der Waals surface area contributed by atoms with Crippen molar-refractivity contribution in [1.29, 1.82) is 0 Å². The number of amides is 1. The molecule has 8 nitrogen and oxygen atoms in total. The molecule has 0 bridgehead atoms. The summed E-state index contributed by atoms with van der Waals surface area (Å²) in [5.41, 5.74) is 4.05. The minimum Gasteiger partial charge on any atom is -0.391 e. The lowest BCUT2D eigenvalue weighted by Crippen LogP contribution is -2.41. The second-order valence-electron chi connectivity index (χ2n) is 11.6. The standard InChI is InChI=1S/C35H36FN5O3/c1-23-7-5-8-26-19-27(34(37-33(23)26)40-17-6-9-29(42)21-40)20-39(18-16-25-12-14-28(36)15-13-25)32(43)22-41-35(44)31-11-4-3-10-30(31)24(2)38-41/h3-5,7-8,10-15,19,29,42H,6,9,16-18,20-22H2,1-2H3. The number of piperidine rings is 1.